The van der Waals surface area contributed by atoms with Crippen molar-refractivity contribution in [3.8, 4) is 0 Å². The molecule has 3 rings (SSSR count). The molecule has 1 heterocycles. The van der Waals surface area contributed by atoms with Crippen molar-refractivity contribution in [2.45, 2.75) is 123 Å². The highest BCUT2D eigenvalue weighted by molar-refractivity contribution is 6.76. The average Bonchev–Trinajstić information content (AvgIpc) is 3.29. The van der Waals surface area contributed by atoms with Crippen LogP contribution in [-0.2, 0) is 38.0 Å². The Kier molecular flexibility index (Phi) is 14.6. The van der Waals surface area contributed by atoms with E-state index in [4.69, 9.17) is 28.4 Å². The minimum Gasteiger partial charge on any atom is -0.463 e. The van der Waals surface area contributed by atoms with Crippen LogP contribution in [0.25, 0.3) is 0 Å². The molecule has 0 aromatic heterocycles. The highest BCUT2D eigenvalue weighted by atomic mass is 28.3. The largest absolute Gasteiger partial charge is 0.463 e. The Morgan fingerprint density at radius 2 is 1.72 bits per heavy atom. The average molecular weight is 627 g/mol. The zero-order valence-corrected chi connectivity index (χ0v) is 28.6. The minimum absolute atomic E-state index is 0.0161. The highest BCUT2D eigenvalue weighted by Gasteiger charge is 2.56. The fourth-order valence-electron chi connectivity index (χ4n) is 7.26. The summed E-state index contributed by atoms with van der Waals surface area (Å²) < 4.78 is 35.9. The topological polar surface area (TPSA) is 110 Å². The van der Waals surface area contributed by atoms with Gasteiger partial charge in [0, 0.05) is 66.1 Å². The minimum atomic E-state index is -1.16. The predicted octanol–water partition coefficient (Wildman–Crippen LogP) is 5.86. The Bertz CT molecular complexity index is 903. The SMILES string of the molecule is CCOC1C[C@@]2(CO1)C[C@H](OC(C)=O)C[C@H]1[C@H](CCOCOCC[Si](C)(C)C)[C@@H](CCCCCCO)C=C2[C@@H]1OC(C)=O. The number of fused-ring (bicyclic) bond motifs is 3. The summed E-state index contributed by atoms with van der Waals surface area (Å²) in [7, 11) is -1.16. The smallest absolute Gasteiger partial charge is 0.303 e. The van der Waals surface area contributed by atoms with E-state index in [1.807, 2.05) is 6.92 Å². The standard InChI is InChI=1S/C33H58O9Si/c1-7-39-31-21-33(22-40-31)20-27(41-24(2)35)19-29-28(13-15-37-23-38-16-17-43(4,5)6)26(12-10-8-9-11-14-34)18-30(33)32(29)42-25(3)36/h18,26-29,31-32,34H,7-17,19-23H2,1-6H3/t26-,27+,28+,29-,31?,32+,33+/m0/s1. The van der Waals surface area contributed by atoms with Gasteiger partial charge in [0.1, 0.15) is 19.0 Å². The highest BCUT2D eigenvalue weighted by Crippen LogP contribution is 2.56. The molecule has 7 atom stereocenters. The van der Waals surface area contributed by atoms with Crippen LogP contribution in [0.15, 0.2) is 11.6 Å². The molecule has 1 saturated heterocycles. The van der Waals surface area contributed by atoms with E-state index >= 15 is 0 Å². The van der Waals surface area contributed by atoms with Gasteiger partial charge in [-0.15, -0.1) is 0 Å². The molecule has 1 aliphatic heterocycles. The van der Waals surface area contributed by atoms with Crippen molar-refractivity contribution < 1.29 is 43.1 Å². The number of ether oxygens (including phenoxy) is 6. The van der Waals surface area contributed by atoms with Crippen LogP contribution in [0.4, 0.5) is 0 Å². The molecular weight excluding hydrogens is 568 g/mol. The van der Waals surface area contributed by atoms with Gasteiger partial charge in [0.25, 0.3) is 0 Å². The lowest BCUT2D eigenvalue weighted by atomic mass is 9.63. The first-order valence-corrected chi connectivity index (χ1v) is 20.2. The van der Waals surface area contributed by atoms with Crippen molar-refractivity contribution >= 4 is 20.0 Å². The van der Waals surface area contributed by atoms with E-state index in [9.17, 15) is 14.7 Å². The Balaban J connectivity index is 1.88. The third-order valence-electron chi connectivity index (χ3n) is 9.24. The van der Waals surface area contributed by atoms with E-state index in [0.717, 1.165) is 56.7 Å². The van der Waals surface area contributed by atoms with Crippen molar-refractivity contribution in [1.82, 2.24) is 0 Å². The van der Waals surface area contributed by atoms with Gasteiger partial charge in [-0.1, -0.05) is 45.0 Å². The number of hydrogen-bond donors (Lipinski definition) is 1. The molecule has 2 aliphatic carbocycles. The molecule has 9 nitrogen and oxygen atoms in total. The molecule has 2 bridgehead atoms. The molecule has 2 fully saturated rings. The number of carbonyl (C=O) groups is 2. The molecule has 1 unspecified atom stereocenters. The number of aliphatic hydroxyl groups is 1. The van der Waals surface area contributed by atoms with Gasteiger partial charge in [-0.05, 0) is 62.5 Å². The lowest BCUT2D eigenvalue weighted by Gasteiger charge is -2.44. The van der Waals surface area contributed by atoms with Crippen LogP contribution in [-0.4, -0.2) is 83.4 Å². The van der Waals surface area contributed by atoms with E-state index in [2.05, 4.69) is 25.7 Å². The quantitative estimate of drug-likeness (QED) is 0.0657. The number of unbranched alkanes of at least 4 members (excludes halogenated alkanes) is 3. The second kappa shape index (κ2) is 17.4. The summed E-state index contributed by atoms with van der Waals surface area (Å²) in [4.78, 5) is 24.8. The molecule has 3 aliphatic rings. The number of hydrogen-bond acceptors (Lipinski definition) is 9. The maximum absolute atomic E-state index is 12.5. The monoisotopic (exact) mass is 626 g/mol. The van der Waals surface area contributed by atoms with Gasteiger partial charge < -0.3 is 33.5 Å². The number of esters is 2. The molecule has 10 heteroatoms. The van der Waals surface area contributed by atoms with Crippen LogP contribution >= 0.6 is 0 Å². The van der Waals surface area contributed by atoms with Gasteiger partial charge in [0.05, 0.1) is 6.61 Å². The summed E-state index contributed by atoms with van der Waals surface area (Å²) in [5.74, 6) is -0.179. The van der Waals surface area contributed by atoms with Crippen LogP contribution in [0.2, 0.25) is 25.7 Å². The Hall–Kier alpha value is -1.30. The molecular formula is C33H58O9Si. The maximum atomic E-state index is 12.5. The van der Waals surface area contributed by atoms with Crippen molar-refractivity contribution in [2.75, 3.05) is 39.8 Å². The van der Waals surface area contributed by atoms with E-state index in [1.165, 1.54) is 13.8 Å². The first-order chi connectivity index (χ1) is 20.5. The van der Waals surface area contributed by atoms with E-state index in [-0.39, 0.29) is 55.5 Å². The fraction of sp³-hybridized carbons (Fsp3) is 0.879. The van der Waals surface area contributed by atoms with Crippen molar-refractivity contribution in [3.05, 3.63) is 11.6 Å². The summed E-state index contributed by atoms with van der Waals surface area (Å²) >= 11 is 0. The molecule has 0 aromatic rings. The summed E-state index contributed by atoms with van der Waals surface area (Å²) in [5.41, 5.74) is 0.673. The summed E-state index contributed by atoms with van der Waals surface area (Å²) in [6.45, 7) is 14.6. The molecule has 0 radical (unpaired) electrons. The molecule has 1 spiro atoms. The molecule has 1 N–H and O–H groups in total. The number of aliphatic hydroxyl groups excluding tert-OH is 1. The van der Waals surface area contributed by atoms with E-state index in [0.29, 0.717) is 39.1 Å². The maximum Gasteiger partial charge on any atom is 0.303 e. The lowest BCUT2D eigenvalue weighted by Crippen LogP contribution is -2.44. The molecule has 43 heavy (non-hydrogen) atoms. The van der Waals surface area contributed by atoms with Gasteiger partial charge in [0.2, 0.25) is 0 Å². The van der Waals surface area contributed by atoms with Crippen LogP contribution in [0.1, 0.15) is 78.6 Å². The van der Waals surface area contributed by atoms with E-state index in [1.54, 1.807) is 0 Å². The van der Waals surface area contributed by atoms with Crippen LogP contribution in [0, 0.1) is 23.2 Å². The van der Waals surface area contributed by atoms with Crippen LogP contribution in [0.5, 0.6) is 0 Å². The third-order valence-corrected chi connectivity index (χ3v) is 10.9. The Morgan fingerprint density at radius 1 is 1.00 bits per heavy atom. The Morgan fingerprint density at radius 3 is 2.40 bits per heavy atom. The molecule has 0 amide bonds. The molecule has 0 aromatic carbocycles. The molecule has 248 valence electrons. The van der Waals surface area contributed by atoms with Gasteiger partial charge in [0.15, 0.2) is 6.29 Å². The Labute approximate surface area is 260 Å². The van der Waals surface area contributed by atoms with Crippen molar-refractivity contribution in [1.29, 1.82) is 0 Å². The van der Waals surface area contributed by atoms with Crippen molar-refractivity contribution in [3.63, 3.8) is 0 Å². The van der Waals surface area contributed by atoms with E-state index < -0.39 is 19.6 Å². The second-order valence-corrected chi connectivity index (χ2v) is 19.6. The number of rotatable bonds is 18. The van der Waals surface area contributed by atoms with Gasteiger partial charge in [-0.25, -0.2) is 0 Å². The first kappa shape index (κ1) is 36.2. The van der Waals surface area contributed by atoms with Crippen LogP contribution in [0.3, 0.4) is 0 Å². The summed E-state index contributed by atoms with van der Waals surface area (Å²) in [6, 6.07) is 1.10. The first-order valence-electron chi connectivity index (χ1n) is 16.5. The van der Waals surface area contributed by atoms with Crippen LogP contribution < -0.4 is 0 Å². The normalized spacial score (nSPS) is 30.6. The fourth-order valence-corrected chi connectivity index (χ4v) is 8.02. The summed E-state index contributed by atoms with van der Waals surface area (Å²) in [5, 5.41) is 9.25. The third kappa shape index (κ3) is 11.2. The molecule has 1 saturated carbocycles. The summed E-state index contributed by atoms with van der Waals surface area (Å²) in [6.07, 6.45) is 8.91. The van der Waals surface area contributed by atoms with Crippen molar-refractivity contribution in [2.24, 2.45) is 23.2 Å². The second-order valence-electron chi connectivity index (χ2n) is 14.0. The number of allylic oxidation sites excluding steroid dienone is 1. The predicted molar refractivity (Wildman–Crippen MR) is 167 cm³/mol. The van der Waals surface area contributed by atoms with Gasteiger partial charge in [-0.2, -0.15) is 0 Å². The van der Waals surface area contributed by atoms with Gasteiger partial charge >= 0.3 is 11.9 Å². The zero-order chi connectivity index (χ0) is 31.5. The van der Waals surface area contributed by atoms with Gasteiger partial charge in [-0.3, -0.25) is 9.59 Å². The number of carbonyl (C=O) groups excluding carboxylic acids is 2. The lowest BCUT2D eigenvalue weighted by molar-refractivity contribution is -0.153. The zero-order valence-electron chi connectivity index (χ0n) is 27.6.